The number of aliphatic hydroxyl groups excluding tert-OH is 1. The summed E-state index contributed by atoms with van der Waals surface area (Å²) < 4.78 is 4.94. The lowest BCUT2D eigenvalue weighted by atomic mass is 10.0. The maximum Gasteiger partial charge on any atom is 0.338 e. The van der Waals surface area contributed by atoms with Crippen molar-refractivity contribution in [2.75, 3.05) is 26.1 Å². The van der Waals surface area contributed by atoms with E-state index in [-0.39, 0.29) is 17.4 Å². The van der Waals surface area contributed by atoms with Gasteiger partial charge in [-0.3, -0.25) is 5.32 Å². The Morgan fingerprint density at radius 1 is 1.43 bits per heavy atom. The molecule has 0 radical (unpaired) electrons. The minimum Gasteiger partial charge on any atom is -0.507 e. The maximum absolute atomic E-state index is 12.2. The molecule has 0 bridgehead atoms. The van der Waals surface area contributed by atoms with Gasteiger partial charge in [0, 0.05) is 30.7 Å². The van der Waals surface area contributed by atoms with Gasteiger partial charge in [0.1, 0.15) is 5.76 Å². The zero-order chi connectivity index (χ0) is 16.6. The van der Waals surface area contributed by atoms with Crippen LogP contribution in [0.25, 0.3) is 0 Å². The highest BCUT2D eigenvalue weighted by Crippen LogP contribution is 2.46. The van der Waals surface area contributed by atoms with Crippen LogP contribution in [0.5, 0.6) is 0 Å². The average Bonchev–Trinajstić information content (AvgIpc) is 2.99. The molecule has 122 valence electrons. The minimum absolute atomic E-state index is 0.0811. The van der Waals surface area contributed by atoms with Crippen molar-refractivity contribution in [3.05, 3.63) is 52.1 Å². The number of benzene rings is 1. The molecule has 0 spiro atoms. The molecule has 2 aliphatic rings. The van der Waals surface area contributed by atoms with Crippen LogP contribution in [0.15, 0.2) is 41.0 Å². The molecule has 6 heteroatoms. The number of methoxy groups -OCH3 is 1. The van der Waals surface area contributed by atoms with E-state index in [4.69, 9.17) is 4.74 Å². The zero-order valence-corrected chi connectivity index (χ0v) is 14.2. The third-order valence-electron chi connectivity index (χ3n) is 4.05. The van der Waals surface area contributed by atoms with Crippen molar-refractivity contribution in [1.29, 1.82) is 0 Å². The van der Waals surface area contributed by atoms with E-state index in [1.54, 1.807) is 17.8 Å². The number of hydrogen-bond donors (Lipinski definition) is 2. The molecule has 1 aromatic carbocycles. The summed E-state index contributed by atoms with van der Waals surface area (Å²) in [6.07, 6.45) is 4.53. The van der Waals surface area contributed by atoms with Crippen LogP contribution >= 0.6 is 11.8 Å². The Morgan fingerprint density at radius 2 is 2.22 bits per heavy atom. The largest absolute Gasteiger partial charge is 0.507 e. The van der Waals surface area contributed by atoms with E-state index in [1.165, 1.54) is 7.11 Å². The molecule has 2 atom stereocenters. The van der Waals surface area contributed by atoms with Crippen molar-refractivity contribution in [2.24, 2.45) is 0 Å². The van der Waals surface area contributed by atoms with Gasteiger partial charge in [0.05, 0.1) is 18.0 Å². The molecular formula is C17H20N2O3S. The van der Waals surface area contributed by atoms with Crippen LogP contribution in [0, 0.1) is 0 Å². The molecule has 1 aliphatic heterocycles. The van der Waals surface area contributed by atoms with E-state index in [1.807, 2.05) is 43.3 Å². The molecule has 0 saturated carbocycles. The summed E-state index contributed by atoms with van der Waals surface area (Å²) in [7, 11) is 5.26. The summed E-state index contributed by atoms with van der Waals surface area (Å²) in [5.41, 5.74) is 2.37. The Balaban J connectivity index is 1.97. The quantitative estimate of drug-likeness (QED) is 0.830. The molecule has 2 unspecified atom stereocenters. The fraction of sp³-hybridized carbons (Fsp3) is 0.353. The van der Waals surface area contributed by atoms with E-state index in [2.05, 4.69) is 5.32 Å². The number of thioether (sulfide) groups is 1. The number of carbonyl (C=O) groups excluding carboxylic acids is 1. The van der Waals surface area contributed by atoms with Gasteiger partial charge in [0.15, 0.2) is 0 Å². The van der Waals surface area contributed by atoms with Gasteiger partial charge >= 0.3 is 5.97 Å². The van der Waals surface area contributed by atoms with Gasteiger partial charge in [-0.15, -0.1) is 11.8 Å². The summed E-state index contributed by atoms with van der Waals surface area (Å²) in [6, 6.07) is 5.89. The summed E-state index contributed by atoms with van der Waals surface area (Å²) in [5.74, 6) is -0.0388. The number of aliphatic hydroxyl groups is 1. The number of ether oxygens (including phenoxy) is 1. The highest BCUT2D eigenvalue weighted by atomic mass is 32.2. The summed E-state index contributed by atoms with van der Waals surface area (Å²) in [5, 5.41) is 13.4. The van der Waals surface area contributed by atoms with Crippen molar-refractivity contribution < 1.29 is 14.6 Å². The number of anilines is 1. The van der Waals surface area contributed by atoms with E-state index in [0.29, 0.717) is 11.3 Å². The van der Waals surface area contributed by atoms with Gasteiger partial charge in [-0.1, -0.05) is 12.1 Å². The fourth-order valence-electron chi connectivity index (χ4n) is 2.80. The molecule has 1 saturated heterocycles. The van der Waals surface area contributed by atoms with Crippen LogP contribution in [-0.4, -0.2) is 38.3 Å². The van der Waals surface area contributed by atoms with Crippen molar-refractivity contribution in [3.8, 4) is 0 Å². The molecule has 1 heterocycles. The smallest absolute Gasteiger partial charge is 0.338 e. The summed E-state index contributed by atoms with van der Waals surface area (Å²) in [4.78, 5) is 15.1. The number of nitrogens with one attached hydrogen (secondary N) is 1. The number of carbonyl (C=O) groups is 1. The summed E-state index contributed by atoms with van der Waals surface area (Å²) >= 11 is 1.56. The molecule has 2 N–H and O–H groups in total. The first-order valence-electron chi connectivity index (χ1n) is 7.43. The monoisotopic (exact) mass is 332 g/mol. The maximum atomic E-state index is 12.2. The topological polar surface area (TPSA) is 61.8 Å². The molecule has 1 fully saturated rings. The lowest BCUT2D eigenvalue weighted by molar-refractivity contribution is 0.0599. The predicted molar refractivity (Wildman–Crippen MR) is 92.8 cm³/mol. The van der Waals surface area contributed by atoms with Gasteiger partial charge in [-0.2, -0.15) is 0 Å². The van der Waals surface area contributed by atoms with E-state index in [9.17, 15) is 9.90 Å². The van der Waals surface area contributed by atoms with Gasteiger partial charge in [0.2, 0.25) is 0 Å². The molecule has 3 rings (SSSR count). The Kier molecular flexibility index (Phi) is 4.37. The number of nitrogens with zero attached hydrogens (tertiary/aromatic N) is 1. The van der Waals surface area contributed by atoms with Gasteiger partial charge in [-0.05, 0) is 30.2 Å². The molecule has 1 aromatic rings. The molecule has 0 aromatic heterocycles. The lowest BCUT2D eigenvalue weighted by Gasteiger charge is -2.19. The van der Waals surface area contributed by atoms with Crippen LogP contribution in [0.1, 0.15) is 27.7 Å². The lowest BCUT2D eigenvalue weighted by Crippen LogP contribution is -2.27. The standard InChI is InChI=1S/C17H20N2O3S/c1-19(2)10-7-8-11(12(9-10)17(21)22-3)16-18-13-5-4-6-14(20)15(13)23-16/h4,6-9,13,16,18,20H,5H2,1-3H3. The SMILES string of the molecule is COC(=O)c1cc(N(C)C)ccc1C1NC2CC=CC(O)=C2S1. The van der Waals surface area contributed by atoms with E-state index in [0.717, 1.165) is 22.6 Å². The second-order valence-corrected chi connectivity index (χ2v) is 6.91. The first-order chi connectivity index (χ1) is 11.0. The zero-order valence-electron chi connectivity index (χ0n) is 13.4. The van der Waals surface area contributed by atoms with Crippen molar-refractivity contribution in [2.45, 2.75) is 17.8 Å². The third kappa shape index (κ3) is 2.96. The summed E-state index contributed by atoms with van der Waals surface area (Å²) in [6.45, 7) is 0. The number of fused-ring (bicyclic) bond motifs is 1. The van der Waals surface area contributed by atoms with Crippen molar-refractivity contribution >= 4 is 23.4 Å². The van der Waals surface area contributed by atoms with E-state index < -0.39 is 0 Å². The molecule has 1 aliphatic carbocycles. The predicted octanol–water partition coefficient (Wildman–Crippen LogP) is 2.97. The van der Waals surface area contributed by atoms with Gasteiger partial charge in [-0.25, -0.2) is 4.79 Å². The van der Waals surface area contributed by atoms with Crippen molar-refractivity contribution in [1.82, 2.24) is 5.32 Å². The van der Waals surface area contributed by atoms with Gasteiger partial charge < -0.3 is 14.7 Å². The van der Waals surface area contributed by atoms with Crippen LogP contribution in [0.3, 0.4) is 0 Å². The van der Waals surface area contributed by atoms with Crippen LogP contribution < -0.4 is 10.2 Å². The van der Waals surface area contributed by atoms with Crippen LogP contribution in [0.2, 0.25) is 0 Å². The van der Waals surface area contributed by atoms with Crippen molar-refractivity contribution in [3.63, 3.8) is 0 Å². The normalized spacial score (nSPS) is 22.9. The Labute approximate surface area is 140 Å². The van der Waals surface area contributed by atoms with Crippen LogP contribution in [0.4, 0.5) is 5.69 Å². The highest BCUT2D eigenvalue weighted by molar-refractivity contribution is 8.03. The Bertz CT molecular complexity index is 697. The molecule has 23 heavy (non-hydrogen) atoms. The molecule has 5 nitrogen and oxygen atoms in total. The number of hydrogen-bond acceptors (Lipinski definition) is 6. The number of rotatable bonds is 3. The second kappa shape index (κ2) is 6.29. The van der Waals surface area contributed by atoms with E-state index >= 15 is 0 Å². The third-order valence-corrected chi connectivity index (χ3v) is 5.43. The fourth-order valence-corrected chi connectivity index (χ4v) is 4.14. The highest BCUT2D eigenvalue weighted by Gasteiger charge is 2.35. The first kappa shape index (κ1) is 16.0. The number of allylic oxidation sites excluding steroid dienone is 1. The van der Waals surface area contributed by atoms with Crippen LogP contribution in [-0.2, 0) is 4.74 Å². The first-order valence-corrected chi connectivity index (χ1v) is 8.31. The average molecular weight is 332 g/mol. The second-order valence-electron chi connectivity index (χ2n) is 5.76. The minimum atomic E-state index is -0.350. The Hall–Kier alpha value is -1.92. The Morgan fingerprint density at radius 3 is 2.87 bits per heavy atom. The molecule has 0 amide bonds. The van der Waals surface area contributed by atoms with Gasteiger partial charge in [0.25, 0.3) is 0 Å². The number of esters is 1. The molecular weight excluding hydrogens is 312 g/mol.